The molecule has 3 nitrogen and oxygen atoms in total. The van der Waals surface area contributed by atoms with Crippen LogP contribution in [0.15, 0.2) is 30.7 Å². The Morgan fingerprint density at radius 3 is 2.87 bits per heavy atom. The maximum Gasteiger partial charge on any atom is 0.130 e. The van der Waals surface area contributed by atoms with Crippen LogP contribution in [0.1, 0.15) is 16.8 Å². The van der Waals surface area contributed by atoms with E-state index in [1.165, 1.54) is 5.56 Å². The Morgan fingerprint density at radius 2 is 2.20 bits per heavy atom. The fourth-order valence-electron chi connectivity index (χ4n) is 1.48. The highest BCUT2D eigenvalue weighted by atomic mass is 16.5. The van der Waals surface area contributed by atoms with Crippen LogP contribution in [0, 0.1) is 13.8 Å². The Hall–Kier alpha value is -1.77. The Bertz CT molecular complexity index is 435. The maximum absolute atomic E-state index is 5.66. The Kier molecular flexibility index (Phi) is 2.72. The van der Waals surface area contributed by atoms with Crippen molar-refractivity contribution in [2.24, 2.45) is 0 Å². The van der Waals surface area contributed by atoms with Gasteiger partial charge in [-0.05, 0) is 25.5 Å². The van der Waals surface area contributed by atoms with Crippen LogP contribution in [0.2, 0.25) is 0 Å². The van der Waals surface area contributed by atoms with Gasteiger partial charge in [-0.15, -0.1) is 0 Å². The normalized spacial score (nSPS) is 10.3. The van der Waals surface area contributed by atoms with E-state index in [0.29, 0.717) is 6.61 Å². The van der Waals surface area contributed by atoms with E-state index in [-0.39, 0.29) is 0 Å². The number of aryl methyl sites for hydroxylation is 2. The first kappa shape index (κ1) is 9.77. The molecule has 0 spiro atoms. The second kappa shape index (κ2) is 4.17. The molecular weight excluding hydrogens is 188 g/mol. The zero-order valence-electron chi connectivity index (χ0n) is 8.95. The molecule has 1 aromatic heterocycles. The van der Waals surface area contributed by atoms with Crippen molar-refractivity contribution in [1.29, 1.82) is 0 Å². The van der Waals surface area contributed by atoms with Gasteiger partial charge in [-0.3, -0.25) is 0 Å². The van der Waals surface area contributed by atoms with Gasteiger partial charge in [0.2, 0.25) is 0 Å². The van der Waals surface area contributed by atoms with E-state index in [0.717, 1.165) is 17.0 Å². The first-order valence-corrected chi connectivity index (χ1v) is 4.93. The fourth-order valence-corrected chi connectivity index (χ4v) is 1.48. The summed E-state index contributed by atoms with van der Waals surface area (Å²) < 4.78 is 5.66. The monoisotopic (exact) mass is 202 g/mol. The number of ether oxygens (including phenoxy) is 1. The second-order valence-electron chi connectivity index (χ2n) is 3.63. The van der Waals surface area contributed by atoms with Crippen LogP contribution in [-0.2, 0) is 6.61 Å². The standard InChI is InChI=1S/C12H14N2O/c1-9-3-4-12(10(2)5-9)15-7-11-6-13-8-14-11/h3-6,8H,7H2,1-2H3,(H,13,14). The molecule has 3 heteroatoms. The number of nitrogens with one attached hydrogen (secondary N) is 1. The number of benzene rings is 1. The fraction of sp³-hybridized carbons (Fsp3) is 0.250. The maximum atomic E-state index is 5.66. The molecule has 0 saturated heterocycles. The highest BCUT2D eigenvalue weighted by molar-refractivity contribution is 5.35. The van der Waals surface area contributed by atoms with Crippen molar-refractivity contribution in [3.05, 3.63) is 47.5 Å². The molecule has 0 saturated carbocycles. The van der Waals surface area contributed by atoms with Crippen LogP contribution in [-0.4, -0.2) is 9.97 Å². The summed E-state index contributed by atoms with van der Waals surface area (Å²) in [6, 6.07) is 6.17. The number of nitrogens with zero attached hydrogens (tertiary/aromatic N) is 1. The molecule has 2 rings (SSSR count). The van der Waals surface area contributed by atoms with Gasteiger partial charge in [0.1, 0.15) is 12.4 Å². The average molecular weight is 202 g/mol. The molecule has 1 heterocycles. The zero-order chi connectivity index (χ0) is 10.7. The number of hydrogen-bond donors (Lipinski definition) is 1. The molecule has 0 bridgehead atoms. The molecule has 2 aromatic rings. The summed E-state index contributed by atoms with van der Waals surface area (Å²) >= 11 is 0. The lowest BCUT2D eigenvalue weighted by molar-refractivity contribution is 0.300. The lowest BCUT2D eigenvalue weighted by atomic mass is 10.1. The number of imidazole rings is 1. The van der Waals surface area contributed by atoms with Crippen LogP contribution in [0.3, 0.4) is 0 Å². The minimum atomic E-state index is 0.532. The molecule has 0 atom stereocenters. The van der Waals surface area contributed by atoms with E-state index in [2.05, 4.69) is 35.9 Å². The van der Waals surface area contributed by atoms with Crippen LogP contribution >= 0.6 is 0 Å². The SMILES string of the molecule is Cc1ccc(OCc2cnc[nH]2)c(C)c1. The quantitative estimate of drug-likeness (QED) is 0.830. The summed E-state index contributed by atoms with van der Waals surface area (Å²) in [6.07, 6.45) is 3.42. The highest BCUT2D eigenvalue weighted by Gasteiger charge is 2.00. The van der Waals surface area contributed by atoms with Gasteiger partial charge in [0.25, 0.3) is 0 Å². The van der Waals surface area contributed by atoms with Crippen LogP contribution in [0.5, 0.6) is 5.75 Å². The molecule has 0 fully saturated rings. The molecule has 1 aromatic carbocycles. The molecule has 0 aliphatic heterocycles. The van der Waals surface area contributed by atoms with Gasteiger partial charge in [-0.2, -0.15) is 0 Å². The lowest BCUT2D eigenvalue weighted by Crippen LogP contribution is -1.97. The van der Waals surface area contributed by atoms with Crippen LogP contribution in [0.25, 0.3) is 0 Å². The second-order valence-corrected chi connectivity index (χ2v) is 3.63. The van der Waals surface area contributed by atoms with Crippen molar-refractivity contribution in [3.63, 3.8) is 0 Å². The van der Waals surface area contributed by atoms with E-state index in [1.807, 2.05) is 6.07 Å². The largest absolute Gasteiger partial charge is 0.487 e. The number of H-pyrrole nitrogens is 1. The third-order valence-corrected chi connectivity index (χ3v) is 2.27. The number of hydrogen-bond acceptors (Lipinski definition) is 2. The Labute approximate surface area is 89.1 Å². The summed E-state index contributed by atoms with van der Waals surface area (Å²) in [5.41, 5.74) is 3.39. The smallest absolute Gasteiger partial charge is 0.130 e. The molecule has 0 radical (unpaired) electrons. The third-order valence-electron chi connectivity index (χ3n) is 2.27. The van der Waals surface area contributed by atoms with Crippen LogP contribution in [0.4, 0.5) is 0 Å². The van der Waals surface area contributed by atoms with E-state index in [9.17, 15) is 0 Å². The molecule has 0 unspecified atom stereocenters. The summed E-state index contributed by atoms with van der Waals surface area (Å²) in [5.74, 6) is 0.926. The molecule has 0 amide bonds. The minimum Gasteiger partial charge on any atom is -0.487 e. The van der Waals surface area contributed by atoms with Gasteiger partial charge in [-0.1, -0.05) is 17.7 Å². The molecule has 0 aliphatic carbocycles. The van der Waals surface area contributed by atoms with Gasteiger partial charge in [0, 0.05) is 0 Å². The van der Waals surface area contributed by atoms with E-state index in [1.54, 1.807) is 12.5 Å². The number of rotatable bonds is 3. The highest BCUT2D eigenvalue weighted by Crippen LogP contribution is 2.19. The number of aromatic nitrogens is 2. The van der Waals surface area contributed by atoms with E-state index < -0.39 is 0 Å². The minimum absolute atomic E-state index is 0.532. The van der Waals surface area contributed by atoms with Gasteiger partial charge in [-0.25, -0.2) is 4.98 Å². The first-order valence-electron chi connectivity index (χ1n) is 4.93. The molecule has 78 valence electrons. The third kappa shape index (κ3) is 2.37. The number of aromatic amines is 1. The Morgan fingerprint density at radius 1 is 1.33 bits per heavy atom. The average Bonchev–Trinajstić information content (AvgIpc) is 2.69. The van der Waals surface area contributed by atoms with E-state index in [4.69, 9.17) is 4.74 Å². The van der Waals surface area contributed by atoms with Gasteiger partial charge in [0.15, 0.2) is 0 Å². The zero-order valence-corrected chi connectivity index (χ0v) is 8.95. The molecular formula is C12H14N2O. The summed E-state index contributed by atoms with van der Waals surface area (Å²) in [5, 5.41) is 0. The van der Waals surface area contributed by atoms with Crippen molar-refractivity contribution >= 4 is 0 Å². The van der Waals surface area contributed by atoms with Gasteiger partial charge in [0.05, 0.1) is 18.2 Å². The van der Waals surface area contributed by atoms with E-state index >= 15 is 0 Å². The topological polar surface area (TPSA) is 37.9 Å². The summed E-state index contributed by atoms with van der Waals surface area (Å²) in [7, 11) is 0. The summed E-state index contributed by atoms with van der Waals surface area (Å²) in [6.45, 7) is 4.66. The Balaban J connectivity index is 2.05. The summed E-state index contributed by atoms with van der Waals surface area (Å²) in [4.78, 5) is 6.94. The first-order chi connectivity index (χ1) is 7.25. The molecule has 0 aliphatic rings. The lowest BCUT2D eigenvalue weighted by Gasteiger charge is -2.08. The molecule has 1 N–H and O–H groups in total. The van der Waals surface area contributed by atoms with Crippen molar-refractivity contribution in [3.8, 4) is 5.75 Å². The van der Waals surface area contributed by atoms with Crippen LogP contribution < -0.4 is 4.74 Å². The van der Waals surface area contributed by atoms with Gasteiger partial charge >= 0.3 is 0 Å². The van der Waals surface area contributed by atoms with Crippen molar-refractivity contribution < 1.29 is 4.74 Å². The predicted octanol–water partition coefficient (Wildman–Crippen LogP) is 2.61. The van der Waals surface area contributed by atoms with Crippen molar-refractivity contribution in [1.82, 2.24) is 9.97 Å². The van der Waals surface area contributed by atoms with Crippen molar-refractivity contribution in [2.45, 2.75) is 20.5 Å². The molecule has 15 heavy (non-hydrogen) atoms. The van der Waals surface area contributed by atoms with Gasteiger partial charge < -0.3 is 9.72 Å². The predicted molar refractivity (Wildman–Crippen MR) is 58.8 cm³/mol. The van der Waals surface area contributed by atoms with Crippen molar-refractivity contribution in [2.75, 3.05) is 0 Å².